The first-order valence-corrected chi connectivity index (χ1v) is 8.74. The number of aliphatic hydroxyl groups excluding tert-OH is 9. The van der Waals surface area contributed by atoms with Crippen LogP contribution >= 0.6 is 0 Å². The lowest BCUT2D eigenvalue weighted by Crippen LogP contribution is -2.65. The molecule has 0 aromatic rings. The van der Waals surface area contributed by atoms with Crippen LogP contribution in [0.5, 0.6) is 0 Å². The van der Waals surface area contributed by atoms with Crippen molar-refractivity contribution in [3.05, 3.63) is 0 Å². The fourth-order valence-corrected chi connectivity index (χ4v) is 2.94. The van der Waals surface area contributed by atoms with Gasteiger partial charge >= 0.3 is 0 Å². The Labute approximate surface area is 159 Å². The molecule has 2 aliphatic rings. The molecule has 11 atom stereocenters. The van der Waals surface area contributed by atoms with Crippen LogP contribution in [0, 0.1) is 0 Å². The summed E-state index contributed by atoms with van der Waals surface area (Å²) in [5.41, 5.74) is 0. The predicted octanol–water partition coefficient (Wildman–Crippen LogP) is -6.02. The third kappa shape index (κ3) is 5.14. The van der Waals surface area contributed by atoms with Crippen LogP contribution in [0.25, 0.3) is 0 Å². The molecule has 0 aromatic carbocycles. The van der Waals surface area contributed by atoms with Crippen molar-refractivity contribution in [2.24, 2.45) is 0 Å². The van der Waals surface area contributed by atoms with Gasteiger partial charge in [0.15, 0.2) is 12.6 Å². The van der Waals surface area contributed by atoms with Crippen LogP contribution in [-0.4, -0.2) is 140 Å². The van der Waals surface area contributed by atoms with Crippen molar-refractivity contribution in [2.45, 2.75) is 67.5 Å². The Morgan fingerprint density at radius 2 is 1.29 bits per heavy atom. The van der Waals surface area contributed by atoms with E-state index in [0.717, 1.165) is 0 Å². The van der Waals surface area contributed by atoms with Gasteiger partial charge in [-0.05, 0) is 0 Å². The van der Waals surface area contributed by atoms with Crippen LogP contribution in [0.4, 0.5) is 0 Å². The highest BCUT2D eigenvalue weighted by Crippen LogP contribution is 2.29. The Hall–Kier alpha value is -0.520. The quantitative estimate of drug-likeness (QED) is 0.180. The molecule has 0 bridgehead atoms. The number of aliphatic hydroxyl groups is 9. The number of hydrogen-bond acceptors (Lipinski definition) is 13. The summed E-state index contributed by atoms with van der Waals surface area (Å²) >= 11 is 0. The van der Waals surface area contributed by atoms with E-state index in [9.17, 15) is 40.9 Å². The second-order valence-electron chi connectivity index (χ2n) is 6.67. The maximum absolute atomic E-state index is 10.4. The molecule has 1 unspecified atom stereocenters. The number of rotatable bonds is 8. The Morgan fingerprint density at radius 3 is 1.86 bits per heavy atom. The average Bonchev–Trinajstić information content (AvgIpc) is 2.70. The monoisotopic (exact) mass is 416 g/mol. The summed E-state index contributed by atoms with van der Waals surface area (Å²) in [6.07, 6.45) is -16.9. The molecule has 2 heterocycles. The Morgan fingerprint density at radius 1 is 0.714 bits per heavy atom. The molecule has 0 aromatic heterocycles. The predicted molar refractivity (Wildman–Crippen MR) is 85.4 cm³/mol. The van der Waals surface area contributed by atoms with Crippen LogP contribution in [0.3, 0.4) is 0 Å². The van der Waals surface area contributed by atoms with Gasteiger partial charge in [-0.1, -0.05) is 0 Å². The second-order valence-corrected chi connectivity index (χ2v) is 6.67. The lowest BCUT2D eigenvalue weighted by atomic mass is 9.97. The molecular formula is C15H28O13. The van der Waals surface area contributed by atoms with Gasteiger partial charge in [0, 0.05) is 0 Å². The van der Waals surface area contributed by atoms with Gasteiger partial charge in [-0.15, -0.1) is 0 Å². The molecule has 13 heteroatoms. The molecule has 0 radical (unpaired) electrons. The molecule has 13 nitrogen and oxygen atoms in total. The van der Waals surface area contributed by atoms with Gasteiger partial charge in [0.05, 0.1) is 26.4 Å². The fourth-order valence-electron chi connectivity index (χ4n) is 2.94. The molecule has 2 fully saturated rings. The van der Waals surface area contributed by atoms with Gasteiger partial charge in [0.1, 0.15) is 54.9 Å². The smallest absolute Gasteiger partial charge is 0.187 e. The Balaban J connectivity index is 2.11. The molecule has 9 N–H and O–H groups in total. The molecule has 166 valence electrons. The maximum Gasteiger partial charge on any atom is 0.187 e. The fraction of sp³-hybridized carbons (Fsp3) is 1.00. The van der Waals surface area contributed by atoms with Crippen molar-refractivity contribution in [2.75, 3.05) is 26.4 Å². The number of ether oxygens (including phenoxy) is 4. The van der Waals surface area contributed by atoms with Crippen molar-refractivity contribution in [3.8, 4) is 0 Å². The first-order valence-electron chi connectivity index (χ1n) is 8.74. The molecule has 0 saturated carbocycles. The van der Waals surface area contributed by atoms with Gasteiger partial charge < -0.3 is 64.9 Å². The summed E-state index contributed by atoms with van der Waals surface area (Å²) in [5.74, 6) is 0. The summed E-state index contributed by atoms with van der Waals surface area (Å²) < 4.78 is 20.9. The van der Waals surface area contributed by atoms with Crippen molar-refractivity contribution in [3.63, 3.8) is 0 Å². The standard InChI is InChI=1S/C15H28O13/c16-1-5(19)4-25-14-12(24)13(9(21)7(3-18)26-14)28-15-11(23)10(22)8(20)6(2-17)27-15/h5-24H,1-4H2/t5?,6-,7-,8-,9-,10+,11-,12+,13+,14+,15-/m1/s1. The highest BCUT2D eigenvalue weighted by atomic mass is 16.7. The van der Waals surface area contributed by atoms with Crippen molar-refractivity contribution >= 4 is 0 Å². The first-order chi connectivity index (χ1) is 13.2. The third-order valence-electron chi connectivity index (χ3n) is 4.63. The summed E-state index contributed by atoms with van der Waals surface area (Å²) in [4.78, 5) is 0. The molecular weight excluding hydrogens is 388 g/mol. The minimum atomic E-state index is -1.77. The molecule has 28 heavy (non-hydrogen) atoms. The topological polar surface area (TPSA) is 219 Å². The average molecular weight is 416 g/mol. The van der Waals surface area contributed by atoms with E-state index in [-0.39, 0.29) is 0 Å². The SMILES string of the molecule is OCC(O)CO[C@H]1O[C@H](CO)[C@@H](O)[C@H](O[C@H]2O[C@H](CO)[C@@H](O)[C@H](O)[C@H]2O)[C@@H]1O. The van der Waals surface area contributed by atoms with Gasteiger partial charge in [0.2, 0.25) is 0 Å². The number of hydrogen-bond donors (Lipinski definition) is 9. The van der Waals surface area contributed by atoms with E-state index in [1.165, 1.54) is 0 Å². The Kier molecular flexibility index (Phi) is 8.90. The first kappa shape index (κ1) is 23.8. The zero-order valence-corrected chi connectivity index (χ0v) is 14.8. The van der Waals surface area contributed by atoms with E-state index in [2.05, 4.69) is 0 Å². The van der Waals surface area contributed by atoms with E-state index in [4.69, 9.17) is 24.1 Å². The van der Waals surface area contributed by atoms with Gasteiger partial charge in [-0.3, -0.25) is 0 Å². The third-order valence-corrected chi connectivity index (χ3v) is 4.63. The largest absolute Gasteiger partial charge is 0.394 e. The van der Waals surface area contributed by atoms with E-state index >= 15 is 0 Å². The summed E-state index contributed by atoms with van der Waals surface area (Å²) in [7, 11) is 0. The minimum Gasteiger partial charge on any atom is -0.394 e. The summed E-state index contributed by atoms with van der Waals surface area (Å²) in [6.45, 7) is -2.43. The molecule has 2 rings (SSSR count). The lowest BCUT2D eigenvalue weighted by Gasteiger charge is -2.46. The van der Waals surface area contributed by atoms with E-state index in [1.807, 2.05) is 0 Å². The van der Waals surface area contributed by atoms with Gasteiger partial charge in [-0.2, -0.15) is 0 Å². The molecule has 0 spiro atoms. The molecule has 2 aliphatic heterocycles. The zero-order chi connectivity index (χ0) is 21.0. The van der Waals surface area contributed by atoms with Crippen LogP contribution in [0.15, 0.2) is 0 Å². The second kappa shape index (κ2) is 10.5. The van der Waals surface area contributed by atoms with E-state index in [1.54, 1.807) is 0 Å². The normalized spacial score (nSPS) is 45.8. The van der Waals surface area contributed by atoms with E-state index in [0.29, 0.717) is 0 Å². The Bertz CT molecular complexity index is 465. The van der Waals surface area contributed by atoms with Gasteiger partial charge in [0.25, 0.3) is 0 Å². The molecule has 2 saturated heterocycles. The molecule has 0 aliphatic carbocycles. The highest BCUT2D eigenvalue weighted by Gasteiger charge is 2.50. The summed E-state index contributed by atoms with van der Waals surface area (Å²) in [5, 5.41) is 87.1. The maximum atomic E-state index is 10.4. The van der Waals surface area contributed by atoms with Crippen LogP contribution in [0.2, 0.25) is 0 Å². The van der Waals surface area contributed by atoms with Crippen molar-refractivity contribution < 1.29 is 64.9 Å². The zero-order valence-electron chi connectivity index (χ0n) is 14.8. The van der Waals surface area contributed by atoms with Crippen LogP contribution in [0.1, 0.15) is 0 Å². The molecule has 0 amide bonds. The summed E-state index contributed by atoms with van der Waals surface area (Å²) in [6, 6.07) is 0. The van der Waals surface area contributed by atoms with Gasteiger partial charge in [-0.25, -0.2) is 0 Å². The van der Waals surface area contributed by atoms with Crippen molar-refractivity contribution in [1.82, 2.24) is 0 Å². The lowest BCUT2D eigenvalue weighted by molar-refractivity contribution is -0.361. The van der Waals surface area contributed by atoms with Crippen molar-refractivity contribution in [1.29, 1.82) is 0 Å². The van der Waals surface area contributed by atoms with E-state index < -0.39 is 93.9 Å². The van der Waals surface area contributed by atoms with Crippen LogP contribution < -0.4 is 0 Å². The minimum absolute atomic E-state index is 0.431. The van der Waals surface area contributed by atoms with Crippen LogP contribution in [-0.2, 0) is 18.9 Å². The highest BCUT2D eigenvalue weighted by molar-refractivity contribution is 4.94.